The van der Waals surface area contributed by atoms with Crippen molar-refractivity contribution in [1.82, 2.24) is 14.5 Å². The summed E-state index contributed by atoms with van der Waals surface area (Å²) in [5, 5.41) is 2.84. The fraction of sp³-hybridized carbons (Fsp3) is 1.00. The average molecular weight is 305 g/mol. The average Bonchev–Trinajstić information content (AvgIpc) is 2.41. The van der Waals surface area contributed by atoms with Gasteiger partial charge in [0.15, 0.2) is 0 Å². The van der Waals surface area contributed by atoms with Gasteiger partial charge < -0.3 is 10.2 Å². The van der Waals surface area contributed by atoms with E-state index >= 15 is 0 Å². The second-order valence-corrected chi connectivity index (χ2v) is 8.54. The number of sulfonamides is 1. The maximum absolute atomic E-state index is 12.4. The first-order valence-electron chi connectivity index (χ1n) is 7.72. The summed E-state index contributed by atoms with van der Waals surface area (Å²) in [5.74, 6) is 0.502. The minimum Gasteiger partial charge on any atom is -0.315 e. The fourth-order valence-corrected chi connectivity index (χ4v) is 3.97. The van der Waals surface area contributed by atoms with E-state index in [-0.39, 0.29) is 5.25 Å². The standard InChI is InChI=1S/C14H31N3O2S/c1-5-8-15-11-13(2)20(18,19)17(4)12-14-6-9-16(3)10-7-14/h13-15H,5-12H2,1-4H3. The third-order valence-electron chi connectivity index (χ3n) is 4.15. The lowest BCUT2D eigenvalue weighted by Gasteiger charge is -2.32. The van der Waals surface area contributed by atoms with Crippen LogP contribution in [0.25, 0.3) is 0 Å². The molecule has 1 atom stereocenters. The molecular formula is C14H31N3O2S. The molecule has 1 aliphatic rings. The third kappa shape index (κ3) is 5.31. The first-order valence-corrected chi connectivity index (χ1v) is 9.22. The van der Waals surface area contributed by atoms with Gasteiger partial charge in [0.05, 0.1) is 5.25 Å². The van der Waals surface area contributed by atoms with E-state index in [9.17, 15) is 8.42 Å². The molecule has 20 heavy (non-hydrogen) atoms. The van der Waals surface area contributed by atoms with Gasteiger partial charge in [0.2, 0.25) is 10.0 Å². The van der Waals surface area contributed by atoms with Gasteiger partial charge in [-0.3, -0.25) is 0 Å². The number of nitrogens with zero attached hydrogens (tertiary/aromatic N) is 2. The summed E-state index contributed by atoms with van der Waals surface area (Å²) < 4.78 is 26.4. The maximum atomic E-state index is 12.4. The minimum atomic E-state index is -3.18. The van der Waals surface area contributed by atoms with E-state index in [0.717, 1.165) is 38.9 Å². The molecular weight excluding hydrogens is 274 g/mol. The topological polar surface area (TPSA) is 52.7 Å². The summed E-state index contributed by atoms with van der Waals surface area (Å²) in [6.45, 7) is 8.10. The van der Waals surface area contributed by atoms with Crippen LogP contribution in [0, 0.1) is 5.92 Å². The Balaban J connectivity index is 2.45. The molecule has 0 spiro atoms. The molecule has 0 saturated carbocycles. The SMILES string of the molecule is CCCNCC(C)S(=O)(=O)N(C)CC1CCN(C)CC1. The van der Waals surface area contributed by atoms with Crippen LogP contribution in [0.2, 0.25) is 0 Å². The van der Waals surface area contributed by atoms with E-state index in [1.165, 1.54) is 0 Å². The number of likely N-dealkylation sites (tertiary alicyclic amines) is 1. The van der Waals surface area contributed by atoms with E-state index in [1.807, 2.05) is 0 Å². The summed E-state index contributed by atoms with van der Waals surface area (Å²) in [5.41, 5.74) is 0. The number of hydrogen-bond acceptors (Lipinski definition) is 4. The molecule has 0 aromatic heterocycles. The molecule has 0 aromatic carbocycles. The Labute approximate surface area is 124 Å². The molecule has 1 saturated heterocycles. The smallest absolute Gasteiger partial charge is 0.217 e. The Morgan fingerprint density at radius 3 is 2.50 bits per heavy atom. The molecule has 1 heterocycles. The van der Waals surface area contributed by atoms with Gasteiger partial charge in [-0.25, -0.2) is 12.7 Å². The van der Waals surface area contributed by atoms with Crippen molar-refractivity contribution >= 4 is 10.0 Å². The van der Waals surface area contributed by atoms with Crippen LogP contribution >= 0.6 is 0 Å². The van der Waals surface area contributed by atoms with Gasteiger partial charge in [0, 0.05) is 20.1 Å². The Hall–Kier alpha value is -0.170. The van der Waals surface area contributed by atoms with Crippen LogP contribution in [0.5, 0.6) is 0 Å². The van der Waals surface area contributed by atoms with Crippen molar-refractivity contribution < 1.29 is 8.42 Å². The summed E-state index contributed by atoms with van der Waals surface area (Å²) in [6.07, 6.45) is 3.22. The van der Waals surface area contributed by atoms with Gasteiger partial charge in [-0.1, -0.05) is 6.92 Å². The normalized spacial score (nSPS) is 20.4. The van der Waals surface area contributed by atoms with E-state index < -0.39 is 10.0 Å². The van der Waals surface area contributed by atoms with Crippen LogP contribution < -0.4 is 5.32 Å². The Bertz CT molecular complexity index is 365. The van der Waals surface area contributed by atoms with Crippen LogP contribution in [0.4, 0.5) is 0 Å². The quantitative estimate of drug-likeness (QED) is 0.679. The maximum Gasteiger partial charge on any atom is 0.217 e. The lowest BCUT2D eigenvalue weighted by molar-refractivity contribution is 0.202. The largest absolute Gasteiger partial charge is 0.315 e. The molecule has 0 bridgehead atoms. The molecule has 120 valence electrons. The molecule has 0 amide bonds. The van der Waals surface area contributed by atoms with Crippen LogP contribution in [0.3, 0.4) is 0 Å². The van der Waals surface area contributed by atoms with Crippen LogP contribution in [-0.2, 0) is 10.0 Å². The van der Waals surface area contributed by atoms with Crippen LogP contribution in [0.15, 0.2) is 0 Å². The number of nitrogens with one attached hydrogen (secondary N) is 1. The van der Waals surface area contributed by atoms with Gasteiger partial charge in [-0.15, -0.1) is 0 Å². The Morgan fingerprint density at radius 1 is 1.35 bits per heavy atom. The van der Waals surface area contributed by atoms with Gasteiger partial charge >= 0.3 is 0 Å². The predicted octanol–water partition coefficient (Wildman–Crippen LogP) is 0.978. The highest BCUT2D eigenvalue weighted by atomic mass is 32.2. The lowest BCUT2D eigenvalue weighted by atomic mass is 9.97. The zero-order chi connectivity index (χ0) is 15.2. The zero-order valence-electron chi connectivity index (χ0n) is 13.4. The molecule has 1 fully saturated rings. The van der Waals surface area contributed by atoms with Gasteiger partial charge in [0.25, 0.3) is 0 Å². The highest BCUT2D eigenvalue weighted by molar-refractivity contribution is 7.89. The summed E-state index contributed by atoms with van der Waals surface area (Å²) in [4.78, 5) is 2.31. The van der Waals surface area contributed by atoms with Crippen molar-refractivity contribution in [1.29, 1.82) is 0 Å². The van der Waals surface area contributed by atoms with E-state index in [2.05, 4.69) is 24.2 Å². The number of piperidine rings is 1. The van der Waals surface area contributed by atoms with Crippen molar-refractivity contribution in [3.05, 3.63) is 0 Å². The van der Waals surface area contributed by atoms with E-state index in [1.54, 1.807) is 18.3 Å². The van der Waals surface area contributed by atoms with Gasteiger partial charge in [-0.2, -0.15) is 0 Å². The highest BCUT2D eigenvalue weighted by Crippen LogP contribution is 2.19. The second kappa shape index (κ2) is 8.32. The molecule has 6 heteroatoms. The lowest BCUT2D eigenvalue weighted by Crippen LogP contribution is -2.43. The molecule has 0 aromatic rings. The monoisotopic (exact) mass is 305 g/mol. The van der Waals surface area contributed by atoms with Crippen molar-refractivity contribution in [3.8, 4) is 0 Å². The molecule has 1 N–H and O–H groups in total. The Kier molecular flexibility index (Phi) is 7.43. The zero-order valence-corrected chi connectivity index (χ0v) is 14.2. The van der Waals surface area contributed by atoms with E-state index in [4.69, 9.17) is 0 Å². The predicted molar refractivity (Wildman–Crippen MR) is 84.4 cm³/mol. The van der Waals surface area contributed by atoms with Crippen molar-refractivity contribution in [2.45, 2.75) is 38.4 Å². The first-order chi connectivity index (χ1) is 9.37. The number of rotatable bonds is 8. The Morgan fingerprint density at radius 2 is 1.95 bits per heavy atom. The molecule has 1 aliphatic heterocycles. The molecule has 0 aliphatic carbocycles. The first kappa shape index (κ1) is 17.9. The second-order valence-electron chi connectivity index (χ2n) is 6.09. The third-order valence-corrected chi connectivity index (χ3v) is 6.36. The van der Waals surface area contributed by atoms with Gasteiger partial charge in [-0.05, 0) is 58.8 Å². The van der Waals surface area contributed by atoms with Crippen molar-refractivity contribution in [2.24, 2.45) is 5.92 Å². The van der Waals surface area contributed by atoms with Crippen LogP contribution in [0.1, 0.15) is 33.1 Å². The van der Waals surface area contributed by atoms with Crippen molar-refractivity contribution in [3.63, 3.8) is 0 Å². The summed E-state index contributed by atoms with van der Waals surface area (Å²) >= 11 is 0. The van der Waals surface area contributed by atoms with Gasteiger partial charge in [0.1, 0.15) is 0 Å². The molecule has 5 nitrogen and oxygen atoms in total. The number of hydrogen-bond donors (Lipinski definition) is 1. The molecule has 1 rings (SSSR count). The van der Waals surface area contributed by atoms with Crippen LogP contribution in [-0.4, -0.2) is 69.7 Å². The summed E-state index contributed by atoms with van der Waals surface area (Å²) in [7, 11) is 0.674. The molecule has 1 unspecified atom stereocenters. The fourth-order valence-electron chi connectivity index (χ4n) is 2.61. The van der Waals surface area contributed by atoms with E-state index in [0.29, 0.717) is 19.0 Å². The minimum absolute atomic E-state index is 0.356. The summed E-state index contributed by atoms with van der Waals surface area (Å²) in [6, 6.07) is 0. The van der Waals surface area contributed by atoms with Crippen molar-refractivity contribution in [2.75, 3.05) is 46.8 Å². The highest BCUT2D eigenvalue weighted by Gasteiger charge is 2.28. The molecule has 0 radical (unpaired) electrons.